The molecule has 2 aliphatic carbocycles. The van der Waals surface area contributed by atoms with Gasteiger partial charge in [0.25, 0.3) is 5.56 Å². The molecule has 0 saturated heterocycles. The Morgan fingerprint density at radius 1 is 1.05 bits per heavy atom. The molecule has 2 saturated carbocycles. The SMILES string of the molecule is CN(c1c(C#N)c(=O)n(C)c2ccc(C#N)nc12)C1CCC(N(CC2CC(O)C2)c2ccc(F)cc2)CC1. The molecule has 196 valence electrons. The summed E-state index contributed by atoms with van der Waals surface area (Å²) in [6.45, 7) is 0.826. The van der Waals surface area contributed by atoms with Crippen molar-refractivity contribution in [3.8, 4) is 12.1 Å². The van der Waals surface area contributed by atoms with Crippen molar-refractivity contribution in [2.75, 3.05) is 23.4 Å². The van der Waals surface area contributed by atoms with Crippen molar-refractivity contribution >= 4 is 22.4 Å². The summed E-state index contributed by atoms with van der Waals surface area (Å²) in [5.74, 6) is 0.154. The lowest BCUT2D eigenvalue weighted by Gasteiger charge is -2.44. The van der Waals surface area contributed by atoms with Gasteiger partial charge in [-0.3, -0.25) is 4.79 Å². The summed E-state index contributed by atoms with van der Waals surface area (Å²) >= 11 is 0. The normalized spacial score (nSPS) is 22.8. The number of benzene rings is 1. The zero-order valence-corrected chi connectivity index (χ0v) is 21.6. The topological polar surface area (TPSA) is 109 Å². The van der Waals surface area contributed by atoms with Crippen molar-refractivity contribution in [2.45, 2.75) is 56.7 Å². The molecule has 0 spiro atoms. The lowest BCUT2D eigenvalue weighted by molar-refractivity contribution is 0.0448. The molecule has 38 heavy (non-hydrogen) atoms. The second-order valence-electron chi connectivity index (χ2n) is 10.6. The fraction of sp³-hybridized carbons (Fsp3) is 0.448. The maximum absolute atomic E-state index is 13.6. The maximum atomic E-state index is 13.6. The van der Waals surface area contributed by atoms with Gasteiger partial charge in [-0.2, -0.15) is 10.5 Å². The predicted octanol–water partition coefficient (Wildman–Crippen LogP) is 3.84. The van der Waals surface area contributed by atoms with Crippen LogP contribution < -0.4 is 15.4 Å². The van der Waals surface area contributed by atoms with Crippen LogP contribution in [0.5, 0.6) is 0 Å². The van der Waals surface area contributed by atoms with Crippen molar-refractivity contribution < 1.29 is 9.50 Å². The van der Waals surface area contributed by atoms with E-state index in [4.69, 9.17) is 0 Å². The van der Waals surface area contributed by atoms with Crippen LogP contribution in [-0.4, -0.2) is 46.4 Å². The van der Waals surface area contributed by atoms with E-state index in [1.165, 1.54) is 16.7 Å². The third-order valence-corrected chi connectivity index (χ3v) is 8.27. The summed E-state index contributed by atoms with van der Waals surface area (Å²) < 4.78 is 15.0. The highest BCUT2D eigenvalue weighted by Crippen LogP contribution is 2.37. The van der Waals surface area contributed by atoms with Crippen molar-refractivity contribution in [3.63, 3.8) is 0 Å². The minimum absolute atomic E-state index is 0.0312. The number of rotatable bonds is 6. The molecule has 3 aromatic rings. The molecule has 1 aromatic carbocycles. The van der Waals surface area contributed by atoms with Crippen LogP contribution in [0.1, 0.15) is 49.8 Å². The Morgan fingerprint density at radius 2 is 1.71 bits per heavy atom. The number of anilines is 2. The van der Waals surface area contributed by atoms with Crippen molar-refractivity contribution in [3.05, 3.63) is 63.8 Å². The third kappa shape index (κ3) is 4.70. The van der Waals surface area contributed by atoms with Gasteiger partial charge >= 0.3 is 0 Å². The number of aliphatic hydroxyl groups excluding tert-OH is 1. The molecule has 8 nitrogen and oxygen atoms in total. The molecular formula is C29H31FN6O2. The van der Waals surface area contributed by atoms with Gasteiger partial charge in [-0.15, -0.1) is 0 Å². The number of hydrogen-bond acceptors (Lipinski definition) is 7. The third-order valence-electron chi connectivity index (χ3n) is 8.27. The van der Waals surface area contributed by atoms with E-state index in [0.717, 1.165) is 50.8 Å². The highest BCUT2D eigenvalue weighted by Gasteiger charge is 2.34. The molecule has 5 rings (SSSR count). The van der Waals surface area contributed by atoms with Gasteiger partial charge in [0.1, 0.15) is 34.7 Å². The van der Waals surface area contributed by atoms with Gasteiger partial charge in [0.05, 0.1) is 17.3 Å². The summed E-state index contributed by atoms with van der Waals surface area (Å²) in [7, 11) is 3.51. The van der Waals surface area contributed by atoms with Gasteiger partial charge < -0.3 is 19.5 Å². The summed E-state index contributed by atoms with van der Waals surface area (Å²) in [5.41, 5.74) is 2.40. The molecule has 0 bridgehead atoms. The standard InChI is InChI=1S/C29H31FN6O2/c1-34(28-25(16-32)29(38)35(2)26-12-5-20(15-31)33-27(26)28)21-8-10-23(11-9-21)36(17-18-13-24(37)14-18)22-6-3-19(30)4-7-22/h3-7,12,18,21,23-24,37H,8-11,13-14,17H2,1-2H3. The van der Waals surface area contributed by atoms with Crippen LogP contribution in [0.2, 0.25) is 0 Å². The number of pyridine rings is 2. The monoisotopic (exact) mass is 514 g/mol. The lowest BCUT2D eigenvalue weighted by Crippen LogP contribution is -2.47. The fourth-order valence-corrected chi connectivity index (χ4v) is 6.07. The minimum atomic E-state index is -0.382. The molecule has 2 aromatic heterocycles. The van der Waals surface area contributed by atoms with Crippen molar-refractivity contribution in [2.24, 2.45) is 13.0 Å². The van der Waals surface area contributed by atoms with E-state index in [9.17, 15) is 24.8 Å². The van der Waals surface area contributed by atoms with Crippen molar-refractivity contribution in [1.29, 1.82) is 10.5 Å². The highest BCUT2D eigenvalue weighted by molar-refractivity contribution is 5.92. The average Bonchev–Trinajstić information content (AvgIpc) is 2.92. The van der Waals surface area contributed by atoms with Gasteiger partial charge in [-0.25, -0.2) is 9.37 Å². The Hall–Kier alpha value is -3.95. The second-order valence-corrected chi connectivity index (χ2v) is 10.6. The molecule has 0 unspecified atom stereocenters. The summed E-state index contributed by atoms with van der Waals surface area (Å²) in [5, 5.41) is 29.1. The molecule has 1 N–H and O–H groups in total. The first-order valence-electron chi connectivity index (χ1n) is 13.1. The Balaban J connectivity index is 1.41. The van der Waals surface area contributed by atoms with Gasteiger partial charge in [-0.1, -0.05) is 0 Å². The minimum Gasteiger partial charge on any atom is -0.393 e. The smallest absolute Gasteiger partial charge is 0.270 e. The number of aliphatic hydroxyl groups is 1. The van der Waals surface area contributed by atoms with E-state index >= 15 is 0 Å². The Kier molecular flexibility index (Phi) is 7.05. The van der Waals surface area contributed by atoms with Gasteiger partial charge in [0.2, 0.25) is 0 Å². The Bertz CT molecular complexity index is 1470. The Morgan fingerprint density at radius 3 is 2.32 bits per heavy atom. The van der Waals surface area contributed by atoms with E-state index in [0.29, 0.717) is 22.6 Å². The fourth-order valence-electron chi connectivity index (χ4n) is 6.07. The average molecular weight is 515 g/mol. The van der Waals surface area contributed by atoms with E-state index in [1.54, 1.807) is 19.2 Å². The molecule has 0 atom stereocenters. The predicted molar refractivity (Wildman–Crippen MR) is 143 cm³/mol. The van der Waals surface area contributed by atoms with Crippen molar-refractivity contribution in [1.82, 2.24) is 9.55 Å². The van der Waals surface area contributed by atoms with Crippen LogP contribution in [0.15, 0.2) is 41.2 Å². The van der Waals surface area contributed by atoms with Crippen LogP contribution in [-0.2, 0) is 7.05 Å². The van der Waals surface area contributed by atoms with E-state index in [2.05, 4.69) is 22.0 Å². The lowest BCUT2D eigenvalue weighted by atomic mass is 9.81. The number of aromatic nitrogens is 2. The van der Waals surface area contributed by atoms with E-state index < -0.39 is 0 Å². The summed E-state index contributed by atoms with van der Waals surface area (Å²) in [6, 6.07) is 14.4. The van der Waals surface area contributed by atoms with Gasteiger partial charge in [0.15, 0.2) is 0 Å². The maximum Gasteiger partial charge on any atom is 0.270 e. The number of aryl methyl sites for hydroxylation is 1. The molecule has 0 radical (unpaired) electrons. The number of fused-ring (bicyclic) bond motifs is 1. The summed E-state index contributed by atoms with van der Waals surface area (Å²) in [6.07, 6.45) is 4.82. The summed E-state index contributed by atoms with van der Waals surface area (Å²) in [4.78, 5) is 21.9. The molecule has 2 aliphatic rings. The molecule has 0 amide bonds. The second kappa shape index (κ2) is 10.4. The largest absolute Gasteiger partial charge is 0.393 e. The molecule has 2 heterocycles. The first-order valence-corrected chi connectivity index (χ1v) is 13.1. The highest BCUT2D eigenvalue weighted by atomic mass is 19.1. The quantitative estimate of drug-likeness (QED) is 0.532. The molecule has 2 fully saturated rings. The van der Waals surface area contributed by atoms with Crippen LogP contribution in [0.4, 0.5) is 15.8 Å². The molecule has 0 aliphatic heterocycles. The van der Waals surface area contributed by atoms with E-state index in [1.807, 2.05) is 24.1 Å². The zero-order chi connectivity index (χ0) is 27.0. The first kappa shape index (κ1) is 25.7. The van der Waals surface area contributed by atoms with Crippen LogP contribution in [0.3, 0.4) is 0 Å². The molecule has 9 heteroatoms. The van der Waals surface area contributed by atoms with Crippen LogP contribution in [0, 0.1) is 34.4 Å². The first-order chi connectivity index (χ1) is 18.3. The van der Waals surface area contributed by atoms with Gasteiger partial charge in [-0.05, 0) is 80.8 Å². The zero-order valence-electron chi connectivity index (χ0n) is 21.6. The van der Waals surface area contributed by atoms with Gasteiger partial charge in [0, 0.05) is 38.4 Å². The number of nitriles is 2. The number of hydrogen-bond donors (Lipinski definition) is 1. The van der Waals surface area contributed by atoms with Crippen LogP contribution in [0.25, 0.3) is 11.0 Å². The molecular weight excluding hydrogens is 483 g/mol. The van der Waals surface area contributed by atoms with Crippen LogP contribution >= 0.6 is 0 Å². The van der Waals surface area contributed by atoms with E-state index in [-0.39, 0.29) is 40.8 Å². The Labute approximate surface area is 221 Å². The number of nitrogens with zero attached hydrogens (tertiary/aromatic N) is 6. The number of halogens is 1.